The number of fused-ring (bicyclic) bond motifs is 1. The van der Waals surface area contributed by atoms with E-state index in [1.807, 2.05) is 25.1 Å². The van der Waals surface area contributed by atoms with Crippen molar-refractivity contribution >= 4 is 16.7 Å². The van der Waals surface area contributed by atoms with Crippen molar-refractivity contribution in [3.63, 3.8) is 0 Å². The smallest absolute Gasteiger partial charge is 0.138 e. The molecule has 5 heteroatoms. The molecule has 1 aliphatic rings. The molecule has 0 bridgehead atoms. The molecule has 2 aromatic carbocycles. The number of hydrogen-bond donors (Lipinski definition) is 3. The highest BCUT2D eigenvalue weighted by atomic mass is 16.3. The van der Waals surface area contributed by atoms with Gasteiger partial charge in [0.05, 0.1) is 23.3 Å². The number of aliphatic hydroxyl groups excluding tert-OH is 1. The Balaban J connectivity index is 1.73. The summed E-state index contributed by atoms with van der Waals surface area (Å²) in [4.78, 5) is 9.29. The largest absolute Gasteiger partial charge is 0.393 e. The van der Waals surface area contributed by atoms with Gasteiger partial charge in [-0.25, -0.2) is 9.97 Å². The minimum absolute atomic E-state index is 0.0824. The van der Waals surface area contributed by atoms with Crippen LogP contribution in [0.4, 0.5) is 5.82 Å². The second-order valence-corrected chi connectivity index (χ2v) is 8.77. The van der Waals surface area contributed by atoms with Crippen molar-refractivity contribution in [1.29, 1.82) is 0 Å². The Bertz CT molecular complexity index is 1070. The van der Waals surface area contributed by atoms with E-state index in [2.05, 4.69) is 49.3 Å². The fraction of sp³-hybridized carbons (Fsp3) is 0.440. The highest BCUT2D eigenvalue weighted by Gasteiger charge is 2.34. The van der Waals surface area contributed by atoms with E-state index in [-0.39, 0.29) is 12.1 Å². The molecule has 1 fully saturated rings. The summed E-state index contributed by atoms with van der Waals surface area (Å²) >= 11 is 0. The van der Waals surface area contributed by atoms with Crippen molar-refractivity contribution in [2.45, 2.75) is 71.1 Å². The maximum absolute atomic E-state index is 11.2. The van der Waals surface area contributed by atoms with Crippen LogP contribution in [0.15, 0.2) is 36.4 Å². The molecule has 3 N–H and O–H groups in total. The van der Waals surface area contributed by atoms with Gasteiger partial charge in [0.25, 0.3) is 0 Å². The van der Waals surface area contributed by atoms with Gasteiger partial charge in [-0.2, -0.15) is 0 Å². The molecule has 1 aliphatic carbocycles. The van der Waals surface area contributed by atoms with Gasteiger partial charge in [-0.3, -0.25) is 0 Å². The zero-order valence-corrected chi connectivity index (χ0v) is 18.2. The van der Waals surface area contributed by atoms with Crippen molar-refractivity contribution in [2.24, 2.45) is 0 Å². The number of anilines is 1. The zero-order valence-electron chi connectivity index (χ0n) is 18.2. The first-order valence-electron chi connectivity index (χ1n) is 10.8. The third-order valence-corrected chi connectivity index (χ3v) is 6.59. The van der Waals surface area contributed by atoms with E-state index in [4.69, 9.17) is 4.98 Å². The molecule has 1 aromatic heterocycles. The van der Waals surface area contributed by atoms with Crippen LogP contribution in [-0.2, 0) is 5.60 Å². The summed E-state index contributed by atoms with van der Waals surface area (Å²) in [5.41, 5.74) is 4.62. The highest BCUT2D eigenvalue weighted by molar-refractivity contribution is 5.90. The van der Waals surface area contributed by atoms with E-state index in [9.17, 15) is 10.2 Å². The summed E-state index contributed by atoms with van der Waals surface area (Å²) in [6.07, 6.45) is 2.05. The topological polar surface area (TPSA) is 78.3 Å². The standard InChI is InChI=1S/C25H31N3O2/c1-15-6-5-7-21(16(15)2)17(3)26-24-22-14-19(8-9-23(22)27-18(4)28-24)25(30)12-10-20(29)11-13-25/h5-9,14,17,20,29-30H,10-13H2,1-4H3,(H,26,27,28)/t17-,20?,25?/m1/s1. The van der Waals surface area contributed by atoms with Gasteiger partial charge in [0.2, 0.25) is 0 Å². The second-order valence-electron chi connectivity index (χ2n) is 8.77. The van der Waals surface area contributed by atoms with Gasteiger partial charge in [-0.15, -0.1) is 0 Å². The third kappa shape index (κ3) is 3.92. The third-order valence-electron chi connectivity index (χ3n) is 6.59. The zero-order chi connectivity index (χ0) is 21.5. The van der Waals surface area contributed by atoms with Crippen molar-refractivity contribution in [3.05, 3.63) is 64.5 Å². The lowest BCUT2D eigenvalue weighted by Crippen LogP contribution is -2.33. The quantitative estimate of drug-likeness (QED) is 0.578. The first kappa shape index (κ1) is 20.8. The van der Waals surface area contributed by atoms with E-state index in [1.54, 1.807) is 0 Å². The summed E-state index contributed by atoms with van der Waals surface area (Å²) in [6.45, 7) is 8.32. The summed E-state index contributed by atoms with van der Waals surface area (Å²) in [5, 5.41) is 25.6. The molecule has 0 saturated heterocycles. The van der Waals surface area contributed by atoms with Crippen LogP contribution in [0.5, 0.6) is 0 Å². The first-order chi connectivity index (χ1) is 14.3. The molecule has 1 heterocycles. The fourth-order valence-corrected chi connectivity index (χ4v) is 4.54. The predicted molar refractivity (Wildman–Crippen MR) is 121 cm³/mol. The number of aliphatic hydroxyl groups is 2. The van der Waals surface area contributed by atoms with E-state index >= 15 is 0 Å². The molecule has 0 amide bonds. The molecular weight excluding hydrogens is 374 g/mol. The van der Waals surface area contributed by atoms with E-state index < -0.39 is 5.60 Å². The van der Waals surface area contributed by atoms with E-state index in [0.29, 0.717) is 31.5 Å². The van der Waals surface area contributed by atoms with Crippen molar-refractivity contribution in [1.82, 2.24) is 9.97 Å². The van der Waals surface area contributed by atoms with E-state index in [0.717, 1.165) is 22.3 Å². The van der Waals surface area contributed by atoms with Gasteiger partial charge in [-0.1, -0.05) is 24.3 Å². The Morgan fingerprint density at radius 3 is 2.53 bits per heavy atom. The van der Waals surface area contributed by atoms with Gasteiger partial charge in [0.1, 0.15) is 11.6 Å². The van der Waals surface area contributed by atoms with Gasteiger partial charge in [0.15, 0.2) is 0 Å². The highest BCUT2D eigenvalue weighted by Crippen LogP contribution is 2.39. The van der Waals surface area contributed by atoms with Crippen LogP contribution in [0.3, 0.4) is 0 Å². The summed E-state index contributed by atoms with van der Waals surface area (Å²) in [5.74, 6) is 1.50. The van der Waals surface area contributed by atoms with Crippen molar-refractivity contribution in [2.75, 3.05) is 5.32 Å². The van der Waals surface area contributed by atoms with Gasteiger partial charge < -0.3 is 15.5 Å². The van der Waals surface area contributed by atoms with E-state index in [1.165, 1.54) is 16.7 Å². The normalized spacial score (nSPS) is 22.8. The molecule has 1 saturated carbocycles. The number of aryl methyl sites for hydroxylation is 2. The number of hydrogen-bond acceptors (Lipinski definition) is 5. The lowest BCUT2D eigenvalue weighted by Gasteiger charge is -2.35. The lowest BCUT2D eigenvalue weighted by molar-refractivity contribution is -0.0360. The second kappa shape index (κ2) is 7.97. The number of nitrogens with zero attached hydrogens (tertiary/aromatic N) is 2. The Morgan fingerprint density at radius 1 is 1.07 bits per heavy atom. The van der Waals surface area contributed by atoms with Crippen LogP contribution >= 0.6 is 0 Å². The number of rotatable bonds is 4. The van der Waals surface area contributed by atoms with Crippen LogP contribution in [0.1, 0.15) is 66.7 Å². The molecule has 5 nitrogen and oxygen atoms in total. The number of benzene rings is 2. The Labute approximate surface area is 178 Å². The van der Waals surface area contributed by atoms with Crippen LogP contribution in [0.25, 0.3) is 10.9 Å². The average Bonchev–Trinajstić information content (AvgIpc) is 2.72. The average molecular weight is 406 g/mol. The molecule has 0 spiro atoms. The Kier molecular flexibility index (Phi) is 5.51. The molecule has 3 aromatic rings. The Hall–Kier alpha value is -2.50. The van der Waals surface area contributed by atoms with Crippen LogP contribution in [0, 0.1) is 20.8 Å². The van der Waals surface area contributed by atoms with Crippen molar-refractivity contribution < 1.29 is 10.2 Å². The van der Waals surface area contributed by atoms with Crippen LogP contribution in [-0.4, -0.2) is 26.3 Å². The molecular formula is C25H31N3O2. The molecule has 158 valence electrons. The van der Waals surface area contributed by atoms with Gasteiger partial charge in [-0.05, 0) is 87.8 Å². The SMILES string of the molecule is Cc1nc(N[C@H](C)c2cccc(C)c2C)c2cc(C3(O)CCC(O)CC3)ccc2n1. The summed E-state index contributed by atoms with van der Waals surface area (Å²) in [7, 11) is 0. The molecule has 1 atom stereocenters. The first-order valence-corrected chi connectivity index (χ1v) is 10.8. The maximum Gasteiger partial charge on any atom is 0.138 e. The predicted octanol–water partition coefficient (Wildman–Crippen LogP) is 4.85. The monoisotopic (exact) mass is 405 g/mol. The summed E-state index contributed by atoms with van der Waals surface area (Å²) in [6, 6.07) is 12.4. The van der Waals surface area contributed by atoms with Gasteiger partial charge in [0, 0.05) is 5.39 Å². The Morgan fingerprint density at radius 2 is 1.80 bits per heavy atom. The number of nitrogens with one attached hydrogen (secondary N) is 1. The molecule has 0 aliphatic heterocycles. The summed E-state index contributed by atoms with van der Waals surface area (Å²) < 4.78 is 0. The maximum atomic E-state index is 11.2. The molecule has 4 rings (SSSR count). The minimum Gasteiger partial charge on any atom is -0.393 e. The molecule has 0 unspecified atom stereocenters. The number of aromatic nitrogens is 2. The molecule has 0 radical (unpaired) electrons. The van der Waals surface area contributed by atoms with Crippen LogP contribution in [0.2, 0.25) is 0 Å². The fourth-order valence-electron chi connectivity index (χ4n) is 4.54. The van der Waals surface area contributed by atoms with Gasteiger partial charge >= 0.3 is 0 Å². The minimum atomic E-state index is -0.908. The molecule has 30 heavy (non-hydrogen) atoms. The van der Waals surface area contributed by atoms with Crippen molar-refractivity contribution in [3.8, 4) is 0 Å². The lowest BCUT2D eigenvalue weighted by atomic mass is 9.78. The van der Waals surface area contributed by atoms with Crippen LogP contribution < -0.4 is 5.32 Å².